The minimum atomic E-state index is -0.440. The fourth-order valence-corrected chi connectivity index (χ4v) is 4.54. The summed E-state index contributed by atoms with van der Waals surface area (Å²) in [7, 11) is 0. The van der Waals surface area contributed by atoms with Crippen molar-refractivity contribution < 1.29 is 9.53 Å². The molecule has 1 aliphatic heterocycles. The third kappa shape index (κ3) is 4.95. The van der Waals surface area contributed by atoms with Crippen LogP contribution >= 0.6 is 0 Å². The van der Waals surface area contributed by atoms with Gasteiger partial charge in [0.1, 0.15) is 5.60 Å². The third-order valence-corrected chi connectivity index (χ3v) is 6.85. The van der Waals surface area contributed by atoms with Gasteiger partial charge in [0, 0.05) is 37.8 Å². The molecule has 3 aliphatic rings. The van der Waals surface area contributed by atoms with Gasteiger partial charge in [0.25, 0.3) is 0 Å². The smallest absolute Gasteiger partial charge is 0.410 e. The molecule has 0 bridgehead atoms. The molecule has 3 fully saturated rings. The van der Waals surface area contributed by atoms with Gasteiger partial charge in [-0.2, -0.15) is 0 Å². The second-order valence-electron chi connectivity index (χ2n) is 10.3. The van der Waals surface area contributed by atoms with E-state index in [9.17, 15) is 4.79 Å². The van der Waals surface area contributed by atoms with Crippen LogP contribution < -0.4 is 5.73 Å². The Labute approximate surface area is 175 Å². The van der Waals surface area contributed by atoms with Gasteiger partial charge in [-0.15, -0.1) is 0 Å². The summed E-state index contributed by atoms with van der Waals surface area (Å²) < 4.78 is 5.56. The van der Waals surface area contributed by atoms with Gasteiger partial charge in [0.2, 0.25) is 0 Å². The van der Waals surface area contributed by atoms with E-state index in [1.165, 1.54) is 36.8 Å². The minimum absolute atomic E-state index is 0.0684. The van der Waals surface area contributed by atoms with Crippen LogP contribution in [-0.4, -0.2) is 47.7 Å². The molecule has 160 valence electrons. The van der Waals surface area contributed by atoms with Crippen LogP contribution in [0.2, 0.25) is 0 Å². The number of carbonyl (C=O) groups excluding carboxylic acids is 1. The maximum atomic E-state index is 12.4. The molecule has 1 aromatic carbocycles. The summed E-state index contributed by atoms with van der Waals surface area (Å²) in [4.78, 5) is 16.8. The highest BCUT2D eigenvalue weighted by Gasteiger charge is 2.40. The molecule has 1 saturated heterocycles. The summed E-state index contributed by atoms with van der Waals surface area (Å²) in [6.45, 7) is 9.05. The van der Waals surface area contributed by atoms with Crippen molar-refractivity contribution in [2.24, 2.45) is 11.7 Å². The van der Waals surface area contributed by atoms with Crippen molar-refractivity contribution in [1.29, 1.82) is 0 Å². The predicted molar refractivity (Wildman–Crippen MR) is 116 cm³/mol. The first kappa shape index (κ1) is 20.7. The average molecular weight is 400 g/mol. The Bertz CT molecular complexity index is 709. The standard InChI is InChI=1S/C24H37N3O2/c1-23(2,3)29-22(28)27-15-13-26(14-16-27)21(17-18-5-4-6-18)19-7-9-20(10-8-19)24(25)11-12-24/h7-10,18,21H,4-6,11-17,25H2,1-3H3. The molecule has 5 heteroatoms. The monoisotopic (exact) mass is 399 g/mol. The number of rotatable bonds is 5. The summed E-state index contributed by atoms with van der Waals surface area (Å²) in [5.41, 5.74) is 8.54. The zero-order chi connectivity index (χ0) is 20.6. The van der Waals surface area contributed by atoms with Crippen LogP contribution in [0.25, 0.3) is 0 Å². The van der Waals surface area contributed by atoms with E-state index in [1.807, 2.05) is 25.7 Å². The van der Waals surface area contributed by atoms with Crippen molar-refractivity contribution in [1.82, 2.24) is 9.80 Å². The number of ether oxygens (including phenoxy) is 1. The quantitative estimate of drug-likeness (QED) is 0.796. The summed E-state index contributed by atoms with van der Waals surface area (Å²) in [6.07, 6.45) is 7.33. The van der Waals surface area contributed by atoms with Gasteiger partial charge in [-0.25, -0.2) is 4.79 Å². The van der Waals surface area contributed by atoms with Crippen LogP contribution in [0.15, 0.2) is 24.3 Å². The van der Waals surface area contributed by atoms with Crippen molar-refractivity contribution in [3.05, 3.63) is 35.4 Å². The summed E-state index contributed by atoms with van der Waals surface area (Å²) in [5, 5.41) is 0. The fraction of sp³-hybridized carbons (Fsp3) is 0.708. The molecule has 1 amide bonds. The topological polar surface area (TPSA) is 58.8 Å². The lowest BCUT2D eigenvalue weighted by atomic mass is 9.79. The highest BCUT2D eigenvalue weighted by atomic mass is 16.6. The molecule has 1 heterocycles. The molecule has 1 aromatic rings. The Morgan fingerprint density at radius 3 is 2.24 bits per heavy atom. The van der Waals surface area contributed by atoms with Crippen LogP contribution in [-0.2, 0) is 10.3 Å². The Hall–Kier alpha value is -1.59. The van der Waals surface area contributed by atoms with Gasteiger partial charge < -0.3 is 15.4 Å². The zero-order valence-corrected chi connectivity index (χ0v) is 18.3. The summed E-state index contributed by atoms with van der Waals surface area (Å²) >= 11 is 0. The lowest BCUT2D eigenvalue weighted by Gasteiger charge is -2.42. The van der Waals surface area contributed by atoms with Crippen molar-refractivity contribution in [2.75, 3.05) is 26.2 Å². The predicted octanol–water partition coefficient (Wildman–Crippen LogP) is 4.42. The van der Waals surface area contributed by atoms with E-state index in [4.69, 9.17) is 10.5 Å². The van der Waals surface area contributed by atoms with E-state index in [2.05, 4.69) is 29.2 Å². The lowest BCUT2D eigenvalue weighted by molar-refractivity contribution is 0.00793. The summed E-state index contributed by atoms with van der Waals surface area (Å²) in [5.74, 6) is 0.841. The number of benzene rings is 1. The Morgan fingerprint density at radius 2 is 1.76 bits per heavy atom. The Morgan fingerprint density at radius 1 is 1.14 bits per heavy atom. The van der Waals surface area contributed by atoms with Gasteiger partial charge >= 0.3 is 6.09 Å². The van der Waals surface area contributed by atoms with Crippen molar-refractivity contribution >= 4 is 6.09 Å². The highest BCUT2D eigenvalue weighted by molar-refractivity contribution is 5.68. The molecular weight excluding hydrogens is 362 g/mol. The molecule has 1 atom stereocenters. The van der Waals surface area contributed by atoms with Gasteiger partial charge in [-0.1, -0.05) is 43.5 Å². The number of piperazine rings is 1. The SMILES string of the molecule is CC(C)(C)OC(=O)N1CCN(C(CC2CCC2)c2ccc(C3(N)CC3)cc2)CC1. The Kier molecular flexibility index (Phi) is 5.64. The normalized spacial score (nSPS) is 23.4. The van der Waals surface area contributed by atoms with E-state index in [1.54, 1.807) is 0 Å². The van der Waals surface area contributed by atoms with Crippen LogP contribution in [0.3, 0.4) is 0 Å². The zero-order valence-electron chi connectivity index (χ0n) is 18.3. The van der Waals surface area contributed by atoms with Gasteiger partial charge in [-0.05, 0) is 57.1 Å². The first-order valence-corrected chi connectivity index (χ1v) is 11.3. The third-order valence-electron chi connectivity index (χ3n) is 6.85. The van der Waals surface area contributed by atoms with Crippen molar-refractivity contribution in [2.45, 2.75) is 76.5 Å². The van der Waals surface area contributed by atoms with E-state index in [-0.39, 0.29) is 11.6 Å². The molecule has 0 radical (unpaired) electrons. The van der Waals surface area contributed by atoms with Gasteiger partial charge in [0.05, 0.1) is 0 Å². The lowest BCUT2D eigenvalue weighted by Crippen LogP contribution is -2.51. The van der Waals surface area contributed by atoms with E-state index in [0.717, 1.165) is 44.9 Å². The van der Waals surface area contributed by atoms with Crippen molar-refractivity contribution in [3.63, 3.8) is 0 Å². The number of carbonyl (C=O) groups is 1. The summed E-state index contributed by atoms with van der Waals surface area (Å²) in [6, 6.07) is 9.51. The second-order valence-corrected chi connectivity index (χ2v) is 10.3. The van der Waals surface area contributed by atoms with E-state index in [0.29, 0.717) is 6.04 Å². The number of amides is 1. The maximum Gasteiger partial charge on any atom is 0.410 e. The van der Waals surface area contributed by atoms with E-state index >= 15 is 0 Å². The first-order valence-electron chi connectivity index (χ1n) is 11.3. The first-order chi connectivity index (χ1) is 13.7. The number of hydrogen-bond donors (Lipinski definition) is 1. The average Bonchev–Trinajstić information content (AvgIpc) is 3.39. The van der Waals surface area contributed by atoms with Crippen LogP contribution in [0.4, 0.5) is 4.79 Å². The van der Waals surface area contributed by atoms with E-state index < -0.39 is 5.60 Å². The van der Waals surface area contributed by atoms with Crippen LogP contribution in [0.1, 0.15) is 76.5 Å². The number of nitrogens with zero attached hydrogens (tertiary/aromatic N) is 2. The molecule has 2 N–H and O–H groups in total. The molecule has 29 heavy (non-hydrogen) atoms. The highest BCUT2D eigenvalue weighted by Crippen LogP contribution is 2.43. The van der Waals surface area contributed by atoms with Gasteiger partial charge in [-0.3, -0.25) is 4.90 Å². The fourth-order valence-electron chi connectivity index (χ4n) is 4.54. The Balaban J connectivity index is 1.41. The number of nitrogens with two attached hydrogens (primary N) is 1. The molecule has 1 unspecified atom stereocenters. The second kappa shape index (κ2) is 7.92. The molecule has 0 aromatic heterocycles. The molecule has 2 saturated carbocycles. The molecule has 4 rings (SSSR count). The number of hydrogen-bond acceptors (Lipinski definition) is 4. The van der Waals surface area contributed by atoms with Crippen LogP contribution in [0.5, 0.6) is 0 Å². The maximum absolute atomic E-state index is 12.4. The van der Waals surface area contributed by atoms with Crippen LogP contribution in [0, 0.1) is 5.92 Å². The molecule has 5 nitrogen and oxygen atoms in total. The molecular formula is C24H37N3O2. The molecule has 0 spiro atoms. The minimum Gasteiger partial charge on any atom is -0.444 e. The van der Waals surface area contributed by atoms with Crippen molar-refractivity contribution in [3.8, 4) is 0 Å². The van der Waals surface area contributed by atoms with Gasteiger partial charge in [0.15, 0.2) is 0 Å². The molecule has 2 aliphatic carbocycles. The largest absolute Gasteiger partial charge is 0.444 e.